The Morgan fingerprint density at radius 3 is 2.13 bits per heavy atom. The standard InChI is InChI=1S/C38H23N2S2.C17H22NSi.Ir/c1-23-10-12-24(13-11-23)25-14-17-35-29(20-25)30-21-26(15-18-36(30)42-35)38-39-32-7-3-4-8-33(32)40(38)27-16-19-37-31(22-27)28-6-2-5-9-34(28)41-37;1-13(2)15-11-16(14-9-7-6-8-10-14)18-12-17(15)19(3,4)5;/h2-14,16-22H,1H3;6-9,11-13H,1-5H3;/q2*-1;/i1D3;13D;. The first-order valence-electron chi connectivity index (χ1n) is 22.5. The maximum absolute atomic E-state index is 8.44. The van der Waals surface area contributed by atoms with E-state index in [9.17, 15) is 0 Å². The molecule has 7 aromatic carbocycles. The fraction of sp³-hybridized carbons (Fsp3) is 0.127. The number of aromatic nitrogens is 3. The molecule has 0 amide bonds. The van der Waals surface area contributed by atoms with Crippen LogP contribution in [0.4, 0.5) is 0 Å². The van der Waals surface area contributed by atoms with Crippen molar-refractivity contribution in [3.8, 4) is 39.5 Å². The number of benzene rings is 7. The average Bonchev–Trinajstić information content (AvgIpc) is 3.99. The second-order valence-corrected chi connectivity index (χ2v) is 23.9. The zero-order valence-electron chi connectivity index (χ0n) is 39.0. The molecule has 1 radical (unpaired) electrons. The van der Waals surface area contributed by atoms with Gasteiger partial charge < -0.3 is 9.55 Å². The Morgan fingerprint density at radius 2 is 1.35 bits per heavy atom. The van der Waals surface area contributed by atoms with E-state index < -0.39 is 20.8 Å². The van der Waals surface area contributed by atoms with Crippen molar-refractivity contribution in [1.82, 2.24) is 14.5 Å². The minimum atomic E-state index is -2.11. The Balaban J connectivity index is 0.000000221. The number of hydrogen-bond acceptors (Lipinski definition) is 4. The van der Waals surface area contributed by atoms with Crippen LogP contribution in [-0.4, -0.2) is 22.6 Å². The normalized spacial score (nSPS) is 13.0. The van der Waals surface area contributed by atoms with E-state index in [-0.39, 0.29) is 20.1 Å². The second kappa shape index (κ2) is 17.0. The fourth-order valence-corrected chi connectivity index (χ4v) is 11.9. The molecule has 11 aromatic rings. The fourth-order valence-electron chi connectivity index (χ4n) is 8.18. The number of hydrogen-bond donors (Lipinski definition) is 0. The van der Waals surface area contributed by atoms with Crippen molar-refractivity contribution in [3.63, 3.8) is 0 Å². The molecule has 0 atom stereocenters. The Morgan fingerprint density at radius 1 is 0.661 bits per heavy atom. The minimum absolute atomic E-state index is 0. The van der Waals surface area contributed by atoms with Gasteiger partial charge in [-0.1, -0.05) is 117 Å². The molecule has 0 aliphatic heterocycles. The zero-order valence-corrected chi connectivity index (χ0v) is 40.0. The van der Waals surface area contributed by atoms with Crippen molar-refractivity contribution in [2.24, 2.45) is 0 Å². The predicted molar refractivity (Wildman–Crippen MR) is 267 cm³/mol. The summed E-state index contributed by atoms with van der Waals surface area (Å²) in [5.74, 6) is 0.245. The van der Waals surface area contributed by atoms with Crippen molar-refractivity contribution >= 4 is 87.3 Å². The number of fused-ring (bicyclic) bond motifs is 7. The molecular weight excluding hydrogens is 987 g/mol. The molecule has 4 aromatic heterocycles. The number of rotatable bonds is 6. The maximum Gasteiger partial charge on any atom is 0.0799 e. The SMILES string of the molecule is [2H]C(C)(C)c1cc(-c2[c-]cccc2)ncc1[Si](C)(C)C.[2H]C([2H])([2H])c1ccc(-c2ccc3sc4c[c-]c(-c5nc6ccccc6n5-c5ccc6sc7ccccc7c6c5)cc4c3c2)cc1.[Ir]. The first-order valence-corrected chi connectivity index (χ1v) is 25.6. The van der Waals surface area contributed by atoms with Gasteiger partial charge in [-0.05, 0) is 93.4 Å². The smallest absolute Gasteiger partial charge is 0.0799 e. The van der Waals surface area contributed by atoms with Gasteiger partial charge in [-0.25, -0.2) is 0 Å². The van der Waals surface area contributed by atoms with Crippen molar-refractivity contribution in [1.29, 1.82) is 0 Å². The first kappa shape index (κ1) is 37.1. The van der Waals surface area contributed by atoms with Crippen LogP contribution in [0.2, 0.25) is 19.6 Å². The molecule has 4 heterocycles. The second-order valence-electron chi connectivity index (χ2n) is 16.7. The Bertz CT molecular complexity index is 3560. The molecule has 0 spiro atoms. The average molecular weight is 1040 g/mol. The van der Waals surface area contributed by atoms with Crippen molar-refractivity contribution in [2.75, 3.05) is 0 Å². The summed E-state index contributed by atoms with van der Waals surface area (Å²) < 4.78 is 38.7. The third kappa shape index (κ3) is 7.89. The molecular formula is C55H45IrN3S2Si-2. The number of imidazole rings is 1. The Kier molecular flexibility index (Phi) is 10.1. The summed E-state index contributed by atoms with van der Waals surface area (Å²) in [6, 6.07) is 58.2. The number of aryl methyl sites for hydroxylation is 1. The van der Waals surface area contributed by atoms with Crippen molar-refractivity contribution in [3.05, 3.63) is 181 Å². The Labute approximate surface area is 391 Å². The molecule has 0 saturated heterocycles. The van der Waals surface area contributed by atoms with E-state index in [0.717, 1.165) is 71.5 Å². The van der Waals surface area contributed by atoms with Crippen LogP contribution >= 0.6 is 22.7 Å². The molecule has 0 bridgehead atoms. The summed E-state index contributed by atoms with van der Waals surface area (Å²) in [5, 5.41) is 6.11. The van der Waals surface area contributed by atoms with Gasteiger partial charge in [-0.15, -0.1) is 71.0 Å². The van der Waals surface area contributed by atoms with E-state index in [1.165, 1.54) is 30.1 Å². The monoisotopic (exact) mass is 1040 g/mol. The van der Waals surface area contributed by atoms with Crippen LogP contribution in [0.1, 0.15) is 36.4 Å². The molecule has 0 aliphatic carbocycles. The molecule has 0 aliphatic rings. The van der Waals surface area contributed by atoms with Gasteiger partial charge in [0.05, 0.1) is 24.9 Å². The third-order valence-corrected chi connectivity index (χ3v) is 15.6. The molecule has 62 heavy (non-hydrogen) atoms. The van der Waals surface area contributed by atoms with E-state index in [1.54, 1.807) is 23.5 Å². The van der Waals surface area contributed by atoms with Crippen molar-refractivity contribution in [2.45, 2.75) is 46.2 Å². The van der Waals surface area contributed by atoms with E-state index in [1.807, 2.05) is 73.8 Å². The summed E-state index contributed by atoms with van der Waals surface area (Å²) in [7, 11) is -1.50. The molecule has 7 heteroatoms. The van der Waals surface area contributed by atoms with Gasteiger partial charge >= 0.3 is 0 Å². The minimum Gasteiger partial charge on any atom is -0.333 e. The molecule has 307 valence electrons. The summed E-state index contributed by atoms with van der Waals surface area (Å²) in [5.41, 5.74) is 9.38. The largest absolute Gasteiger partial charge is 0.333 e. The van der Waals surface area contributed by atoms with Crippen LogP contribution in [0.3, 0.4) is 0 Å². The van der Waals surface area contributed by atoms with Crippen LogP contribution in [0, 0.1) is 19.0 Å². The first-order chi connectivity index (χ1) is 31.1. The zero-order chi connectivity index (χ0) is 45.3. The number of thiophene rings is 2. The van der Waals surface area contributed by atoms with Gasteiger partial charge in [0.15, 0.2) is 0 Å². The Hall–Kier alpha value is -5.53. The van der Waals surface area contributed by atoms with Crippen LogP contribution in [0.25, 0.3) is 90.8 Å². The van der Waals surface area contributed by atoms with Gasteiger partial charge in [0, 0.05) is 62.3 Å². The van der Waals surface area contributed by atoms with Gasteiger partial charge in [0.2, 0.25) is 0 Å². The van der Waals surface area contributed by atoms with E-state index in [0.29, 0.717) is 5.56 Å². The molecule has 0 N–H and O–H groups in total. The van der Waals surface area contributed by atoms with Crippen LogP contribution in [-0.2, 0) is 20.1 Å². The number of nitrogens with zero attached hydrogens (tertiary/aromatic N) is 3. The van der Waals surface area contributed by atoms with E-state index >= 15 is 0 Å². The topological polar surface area (TPSA) is 30.7 Å². The van der Waals surface area contributed by atoms with Gasteiger partial charge in [0.1, 0.15) is 0 Å². The summed E-state index contributed by atoms with van der Waals surface area (Å²) in [6.07, 6.45) is 1.98. The number of para-hydroxylation sites is 2. The molecule has 0 saturated carbocycles. The summed E-state index contributed by atoms with van der Waals surface area (Å²) in [4.78, 5) is 9.76. The quantitative estimate of drug-likeness (QED) is 0.123. The van der Waals surface area contributed by atoms with Gasteiger partial charge in [-0.2, -0.15) is 11.3 Å². The predicted octanol–water partition coefficient (Wildman–Crippen LogP) is 15.4. The van der Waals surface area contributed by atoms with Crippen LogP contribution in [0.5, 0.6) is 0 Å². The van der Waals surface area contributed by atoms with Crippen molar-refractivity contribution < 1.29 is 25.6 Å². The van der Waals surface area contributed by atoms with Gasteiger partial charge in [-0.3, -0.25) is 4.98 Å². The molecule has 0 unspecified atom stereocenters. The molecule has 0 fully saturated rings. The molecule has 11 rings (SSSR count). The molecule has 3 nitrogen and oxygen atoms in total. The van der Waals surface area contributed by atoms with Gasteiger partial charge in [0.25, 0.3) is 0 Å². The third-order valence-electron chi connectivity index (χ3n) is 11.3. The van der Waals surface area contributed by atoms with Crippen LogP contribution in [0.15, 0.2) is 158 Å². The number of pyridine rings is 1. The summed E-state index contributed by atoms with van der Waals surface area (Å²) >= 11 is 3.57. The van der Waals surface area contributed by atoms with Crippen LogP contribution < -0.4 is 5.19 Å². The summed E-state index contributed by atoms with van der Waals surface area (Å²) in [6.45, 7) is 8.68. The van der Waals surface area contributed by atoms with E-state index in [4.69, 9.17) is 10.5 Å². The maximum atomic E-state index is 8.44. The van der Waals surface area contributed by atoms with E-state index in [2.05, 4.69) is 138 Å².